The third-order valence-electron chi connectivity index (χ3n) is 2.88. The smallest absolute Gasteiger partial charge is 0.406 e. The van der Waals surface area contributed by atoms with Crippen LogP contribution in [0.2, 0.25) is 0 Å². The molecule has 0 spiro atoms. The van der Waals surface area contributed by atoms with Crippen molar-refractivity contribution in [3.63, 3.8) is 0 Å². The first-order valence-corrected chi connectivity index (χ1v) is 7.25. The van der Waals surface area contributed by atoms with Gasteiger partial charge < -0.3 is 4.74 Å². The van der Waals surface area contributed by atoms with Crippen LogP contribution in [-0.4, -0.2) is 26.6 Å². The summed E-state index contributed by atoms with van der Waals surface area (Å²) in [6, 6.07) is 6.18. The maximum atomic E-state index is 12.1. The Bertz CT molecular complexity index is 610. The van der Waals surface area contributed by atoms with Gasteiger partial charge in [-0.2, -0.15) is 0 Å². The van der Waals surface area contributed by atoms with Crippen molar-refractivity contribution >= 4 is 11.8 Å². The molecule has 0 atom stereocenters. The Labute approximate surface area is 122 Å². The molecule has 0 bridgehead atoms. The highest BCUT2D eigenvalue weighted by atomic mass is 32.2. The molecule has 1 aliphatic carbocycles. The van der Waals surface area contributed by atoms with Gasteiger partial charge in [-0.3, -0.25) is 0 Å². The van der Waals surface area contributed by atoms with Crippen molar-refractivity contribution in [2.75, 3.05) is 0 Å². The van der Waals surface area contributed by atoms with E-state index >= 15 is 0 Å². The lowest BCUT2D eigenvalue weighted by atomic mass is 10.2. The van der Waals surface area contributed by atoms with E-state index in [-0.39, 0.29) is 5.75 Å². The summed E-state index contributed by atoms with van der Waals surface area (Å²) in [5.41, 5.74) is 0.875. The van der Waals surface area contributed by atoms with Gasteiger partial charge in [0, 0.05) is 5.75 Å². The molecule has 0 N–H and O–H groups in total. The highest BCUT2D eigenvalue weighted by Gasteiger charge is 2.31. The zero-order valence-electron chi connectivity index (χ0n) is 10.7. The molecule has 112 valence electrons. The average molecular weight is 316 g/mol. The summed E-state index contributed by atoms with van der Waals surface area (Å²) < 4.78 is 41.8. The molecule has 0 amide bonds. The van der Waals surface area contributed by atoms with E-state index in [1.165, 1.54) is 23.9 Å². The lowest BCUT2D eigenvalue weighted by molar-refractivity contribution is -0.274. The van der Waals surface area contributed by atoms with Crippen LogP contribution in [0.3, 0.4) is 0 Å². The van der Waals surface area contributed by atoms with Gasteiger partial charge in [-0.1, -0.05) is 23.9 Å². The Morgan fingerprint density at radius 3 is 2.57 bits per heavy atom. The van der Waals surface area contributed by atoms with Crippen LogP contribution in [0.5, 0.6) is 5.75 Å². The molecule has 1 aromatic carbocycles. The number of benzene rings is 1. The molecule has 9 heteroatoms. The monoisotopic (exact) mass is 316 g/mol. The van der Waals surface area contributed by atoms with Crippen LogP contribution in [0.1, 0.15) is 24.4 Å². The summed E-state index contributed by atoms with van der Waals surface area (Å²) in [4.78, 5) is 0. The maximum Gasteiger partial charge on any atom is 0.573 e. The highest BCUT2D eigenvalue weighted by Crippen LogP contribution is 2.37. The van der Waals surface area contributed by atoms with E-state index in [0.717, 1.165) is 23.6 Å². The third-order valence-corrected chi connectivity index (χ3v) is 3.88. The normalized spacial score (nSPS) is 15.2. The van der Waals surface area contributed by atoms with Crippen LogP contribution in [0.4, 0.5) is 13.2 Å². The van der Waals surface area contributed by atoms with E-state index in [1.807, 2.05) is 0 Å². The van der Waals surface area contributed by atoms with Crippen LogP contribution >= 0.6 is 11.8 Å². The fourth-order valence-electron chi connectivity index (χ4n) is 1.76. The lowest BCUT2D eigenvalue weighted by Crippen LogP contribution is -2.16. The van der Waals surface area contributed by atoms with Gasteiger partial charge in [-0.25, -0.2) is 4.68 Å². The molecule has 1 heterocycles. The number of hydrogen-bond acceptors (Lipinski definition) is 5. The minimum absolute atomic E-state index is 0.223. The van der Waals surface area contributed by atoms with Gasteiger partial charge in [0.25, 0.3) is 0 Å². The van der Waals surface area contributed by atoms with Crippen LogP contribution in [0.25, 0.3) is 0 Å². The van der Waals surface area contributed by atoms with E-state index in [0.29, 0.717) is 11.8 Å². The highest BCUT2D eigenvalue weighted by molar-refractivity contribution is 7.98. The Hall–Kier alpha value is -1.77. The molecule has 1 aliphatic rings. The van der Waals surface area contributed by atoms with Crippen molar-refractivity contribution in [3.05, 3.63) is 29.8 Å². The van der Waals surface area contributed by atoms with E-state index in [1.54, 1.807) is 16.8 Å². The summed E-state index contributed by atoms with van der Waals surface area (Å²) in [6.07, 6.45) is -2.49. The number of hydrogen-bond donors (Lipinski definition) is 0. The summed E-state index contributed by atoms with van der Waals surface area (Å²) in [5.74, 6) is 0.360. The minimum Gasteiger partial charge on any atom is -0.406 e. The fraction of sp³-hybridized carbons (Fsp3) is 0.417. The van der Waals surface area contributed by atoms with Crippen molar-refractivity contribution in [2.45, 2.75) is 36.2 Å². The molecule has 2 aromatic rings. The Kier molecular flexibility index (Phi) is 3.75. The number of aromatic nitrogens is 4. The second-order valence-electron chi connectivity index (χ2n) is 4.62. The predicted molar refractivity (Wildman–Crippen MR) is 68.8 cm³/mol. The van der Waals surface area contributed by atoms with Crippen LogP contribution in [0, 0.1) is 0 Å². The number of thioether (sulfide) groups is 1. The number of halogens is 3. The predicted octanol–water partition coefficient (Wildman–Crippen LogP) is 3.20. The van der Waals surface area contributed by atoms with Crippen molar-refractivity contribution in [1.29, 1.82) is 0 Å². The minimum atomic E-state index is -4.66. The molecule has 0 saturated heterocycles. The Morgan fingerprint density at radius 1 is 1.24 bits per heavy atom. The molecule has 1 fully saturated rings. The SMILES string of the molecule is FC(F)(F)Oc1ccc(CSc2nnnn2C2CC2)cc1. The van der Waals surface area contributed by atoms with E-state index in [2.05, 4.69) is 20.3 Å². The molecule has 5 nitrogen and oxygen atoms in total. The molecule has 0 unspecified atom stereocenters. The molecule has 0 aliphatic heterocycles. The van der Waals surface area contributed by atoms with E-state index in [9.17, 15) is 13.2 Å². The van der Waals surface area contributed by atoms with Crippen molar-refractivity contribution < 1.29 is 17.9 Å². The number of ether oxygens (including phenoxy) is 1. The van der Waals surface area contributed by atoms with Gasteiger partial charge in [-0.15, -0.1) is 18.3 Å². The quantitative estimate of drug-likeness (QED) is 0.793. The second-order valence-corrected chi connectivity index (χ2v) is 5.56. The summed E-state index contributed by atoms with van der Waals surface area (Å²) in [5, 5.41) is 12.3. The molecular formula is C12H11F3N4OS. The summed E-state index contributed by atoms with van der Waals surface area (Å²) in [6.45, 7) is 0. The van der Waals surface area contributed by atoms with Crippen molar-refractivity contribution in [1.82, 2.24) is 20.2 Å². The number of alkyl halides is 3. The number of tetrazole rings is 1. The topological polar surface area (TPSA) is 52.8 Å². The van der Waals surface area contributed by atoms with Crippen molar-refractivity contribution in [3.8, 4) is 5.75 Å². The molecular weight excluding hydrogens is 305 g/mol. The number of rotatable bonds is 5. The maximum absolute atomic E-state index is 12.1. The number of nitrogens with zero attached hydrogens (tertiary/aromatic N) is 4. The van der Waals surface area contributed by atoms with Crippen LogP contribution in [0.15, 0.2) is 29.4 Å². The molecule has 1 aromatic heterocycles. The first kappa shape index (κ1) is 14.2. The van der Waals surface area contributed by atoms with Crippen molar-refractivity contribution in [2.24, 2.45) is 0 Å². The molecule has 21 heavy (non-hydrogen) atoms. The third kappa shape index (κ3) is 3.87. The Balaban J connectivity index is 1.59. The molecule has 3 rings (SSSR count). The largest absolute Gasteiger partial charge is 0.573 e. The van der Waals surface area contributed by atoms with E-state index in [4.69, 9.17) is 0 Å². The van der Waals surface area contributed by atoms with Crippen LogP contribution in [-0.2, 0) is 5.75 Å². The molecule has 0 radical (unpaired) electrons. The average Bonchev–Trinajstić information content (AvgIpc) is 3.15. The fourth-order valence-corrected chi connectivity index (χ4v) is 2.66. The van der Waals surface area contributed by atoms with Gasteiger partial charge >= 0.3 is 6.36 Å². The second kappa shape index (κ2) is 5.55. The lowest BCUT2D eigenvalue weighted by Gasteiger charge is -2.09. The van der Waals surface area contributed by atoms with Gasteiger partial charge in [0.05, 0.1) is 6.04 Å². The Morgan fingerprint density at radius 2 is 1.95 bits per heavy atom. The summed E-state index contributed by atoms with van der Waals surface area (Å²) >= 11 is 1.46. The van der Waals surface area contributed by atoms with Gasteiger partial charge in [-0.05, 0) is 41.0 Å². The van der Waals surface area contributed by atoms with Crippen LogP contribution < -0.4 is 4.74 Å². The molecule has 1 saturated carbocycles. The zero-order chi connectivity index (χ0) is 14.9. The van der Waals surface area contributed by atoms with Gasteiger partial charge in [0.15, 0.2) is 0 Å². The first-order valence-electron chi connectivity index (χ1n) is 6.26. The van der Waals surface area contributed by atoms with Gasteiger partial charge in [0.2, 0.25) is 5.16 Å². The van der Waals surface area contributed by atoms with E-state index < -0.39 is 6.36 Å². The first-order chi connectivity index (χ1) is 10.0. The standard InChI is InChI=1S/C12H11F3N4OS/c13-12(14,15)20-10-5-1-8(2-6-10)7-21-11-16-17-18-19(11)9-3-4-9/h1-2,5-6,9H,3-4,7H2. The summed E-state index contributed by atoms with van der Waals surface area (Å²) in [7, 11) is 0. The van der Waals surface area contributed by atoms with Gasteiger partial charge in [0.1, 0.15) is 5.75 Å². The zero-order valence-corrected chi connectivity index (χ0v) is 11.6.